The first kappa shape index (κ1) is 27.2. The molecule has 0 bridgehead atoms. The average Bonchev–Trinajstić information content (AvgIpc) is 2.88. The van der Waals surface area contributed by atoms with Crippen molar-refractivity contribution in [1.29, 1.82) is 0 Å². The van der Waals surface area contributed by atoms with Crippen molar-refractivity contribution in [3.05, 3.63) is 71.8 Å². The number of terminal acetylenes is 1. The summed E-state index contributed by atoms with van der Waals surface area (Å²) in [6.07, 6.45) is 11.9. The third-order valence-corrected chi connectivity index (χ3v) is 5.96. The Morgan fingerprint density at radius 3 is 1.59 bits per heavy atom. The second-order valence-corrected chi connectivity index (χ2v) is 8.39. The second-order valence-electron chi connectivity index (χ2n) is 8.39. The fraction of sp³-hybridized carbons (Fsp3) is 0.429. The molecule has 34 heavy (non-hydrogen) atoms. The van der Waals surface area contributed by atoms with Gasteiger partial charge in [-0.2, -0.15) is 0 Å². The minimum absolute atomic E-state index is 0.0663. The highest BCUT2D eigenvalue weighted by atomic mass is 16.5. The van der Waals surface area contributed by atoms with Crippen molar-refractivity contribution in [2.45, 2.75) is 51.4 Å². The van der Waals surface area contributed by atoms with Crippen molar-refractivity contribution in [3.8, 4) is 12.3 Å². The van der Waals surface area contributed by atoms with Gasteiger partial charge in [-0.25, -0.2) is 9.59 Å². The standard InChI is InChI=1S/C28H33BO5/c1-2-3-17-28(20-12-23-34-29,18-10-21-32-26(30)24-13-6-4-7-14-24)19-11-22-33-27(31)25-15-8-5-9-16-25/h1,4-9,13-16H,3,10-12,17-23H2. The van der Waals surface area contributed by atoms with Crippen LogP contribution in [-0.4, -0.2) is 39.8 Å². The third-order valence-electron chi connectivity index (χ3n) is 5.96. The van der Waals surface area contributed by atoms with Crippen LogP contribution in [0.4, 0.5) is 0 Å². The van der Waals surface area contributed by atoms with Gasteiger partial charge in [0.15, 0.2) is 0 Å². The number of carbonyl (C=O) groups is 2. The summed E-state index contributed by atoms with van der Waals surface area (Å²) in [5, 5.41) is 0. The highest BCUT2D eigenvalue weighted by molar-refractivity contribution is 5.97. The number of benzene rings is 2. The zero-order valence-corrected chi connectivity index (χ0v) is 19.7. The van der Waals surface area contributed by atoms with Gasteiger partial charge in [-0.15, -0.1) is 12.3 Å². The molecule has 0 aromatic heterocycles. The molecule has 0 N–H and O–H groups in total. The Labute approximate surface area is 204 Å². The molecular formula is C28H33BO5. The quantitative estimate of drug-likeness (QED) is 0.142. The van der Waals surface area contributed by atoms with Crippen molar-refractivity contribution < 1.29 is 23.7 Å². The van der Waals surface area contributed by atoms with E-state index in [2.05, 4.69) is 5.92 Å². The number of carbonyl (C=O) groups excluding carboxylic acids is 2. The lowest BCUT2D eigenvalue weighted by Crippen LogP contribution is -2.24. The highest BCUT2D eigenvalue weighted by Crippen LogP contribution is 2.39. The van der Waals surface area contributed by atoms with E-state index in [-0.39, 0.29) is 17.4 Å². The molecule has 0 amide bonds. The Morgan fingerprint density at radius 2 is 1.18 bits per heavy atom. The number of rotatable bonds is 16. The lowest BCUT2D eigenvalue weighted by atomic mass is 9.72. The molecule has 2 rings (SSSR count). The Balaban J connectivity index is 1.90. The molecule has 2 aromatic rings. The Hall–Kier alpha value is -3.04. The van der Waals surface area contributed by atoms with Gasteiger partial charge < -0.3 is 14.1 Å². The fourth-order valence-electron chi connectivity index (χ4n) is 4.16. The smallest absolute Gasteiger partial charge is 0.338 e. The maximum absolute atomic E-state index is 12.2. The first-order chi connectivity index (χ1) is 16.6. The molecule has 0 atom stereocenters. The molecule has 0 heterocycles. The monoisotopic (exact) mass is 460 g/mol. The van der Waals surface area contributed by atoms with Gasteiger partial charge in [0.2, 0.25) is 0 Å². The first-order valence-corrected chi connectivity index (χ1v) is 11.8. The average molecular weight is 460 g/mol. The van der Waals surface area contributed by atoms with Crippen molar-refractivity contribution >= 4 is 20.0 Å². The minimum atomic E-state index is -0.320. The fourth-order valence-corrected chi connectivity index (χ4v) is 4.16. The summed E-state index contributed by atoms with van der Waals surface area (Å²) in [5.41, 5.74) is 1.02. The summed E-state index contributed by atoms with van der Waals surface area (Å²) in [6, 6.07) is 17.9. The molecule has 0 aliphatic heterocycles. The van der Waals surface area contributed by atoms with E-state index in [9.17, 15) is 9.59 Å². The van der Waals surface area contributed by atoms with Crippen molar-refractivity contribution in [2.24, 2.45) is 5.41 Å². The molecule has 0 fully saturated rings. The molecule has 178 valence electrons. The lowest BCUT2D eigenvalue weighted by molar-refractivity contribution is 0.0449. The van der Waals surface area contributed by atoms with Crippen molar-refractivity contribution in [2.75, 3.05) is 19.8 Å². The number of hydrogen-bond donors (Lipinski definition) is 0. The van der Waals surface area contributed by atoms with Crippen LogP contribution in [0.1, 0.15) is 72.1 Å². The lowest BCUT2D eigenvalue weighted by Gasteiger charge is -2.34. The van der Waals surface area contributed by atoms with Gasteiger partial charge in [0.25, 0.3) is 8.05 Å². The zero-order chi connectivity index (χ0) is 24.5. The maximum Gasteiger partial charge on any atom is 0.338 e. The normalized spacial score (nSPS) is 10.9. The van der Waals surface area contributed by atoms with Crippen LogP contribution in [0.15, 0.2) is 60.7 Å². The maximum atomic E-state index is 12.2. The zero-order valence-electron chi connectivity index (χ0n) is 19.7. The van der Waals surface area contributed by atoms with Gasteiger partial charge in [0.1, 0.15) is 0 Å². The van der Waals surface area contributed by atoms with Crippen LogP contribution in [0.25, 0.3) is 0 Å². The Morgan fingerprint density at radius 1 is 0.735 bits per heavy atom. The van der Waals surface area contributed by atoms with Crippen LogP contribution in [0, 0.1) is 17.8 Å². The van der Waals surface area contributed by atoms with E-state index in [0.717, 1.165) is 44.9 Å². The third kappa shape index (κ3) is 9.85. The molecule has 2 aromatic carbocycles. The van der Waals surface area contributed by atoms with E-state index in [4.69, 9.17) is 28.6 Å². The minimum Gasteiger partial charge on any atom is -0.462 e. The first-order valence-electron chi connectivity index (χ1n) is 11.8. The van der Waals surface area contributed by atoms with Gasteiger partial charge in [-0.1, -0.05) is 36.4 Å². The van der Waals surface area contributed by atoms with Crippen LogP contribution in [-0.2, 0) is 14.1 Å². The summed E-state index contributed by atoms with van der Waals surface area (Å²) in [4.78, 5) is 24.4. The van der Waals surface area contributed by atoms with E-state index < -0.39 is 0 Å². The number of hydrogen-bond acceptors (Lipinski definition) is 5. The molecule has 0 aliphatic rings. The second kappa shape index (κ2) is 15.7. The molecule has 5 nitrogen and oxygen atoms in total. The van der Waals surface area contributed by atoms with E-state index in [1.165, 1.54) is 0 Å². The molecule has 0 spiro atoms. The van der Waals surface area contributed by atoms with Crippen molar-refractivity contribution in [1.82, 2.24) is 0 Å². The molecule has 0 unspecified atom stereocenters. The molecule has 2 radical (unpaired) electrons. The molecule has 6 heteroatoms. The number of esters is 2. The van der Waals surface area contributed by atoms with Gasteiger partial charge in [-0.05, 0) is 74.6 Å². The predicted molar refractivity (Wildman–Crippen MR) is 133 cm³/mol. The van der Waals surface area contributed by atoms with Crippen LogP contribution in [0.3, 0.4) is 0 Å². The van der Waals surface area contributed by atoms with Gasteiger partial charge in [-0.3, -0.25) is 0 Å². The summed E-state index contributed by atoms with van der Waals surface area (Å²) in [6.45, 7) is 1.13. The van der Waals surface area contributed by atoms with Crippen LogP contribution in [0.2, 0.25) is 0 Å². The summed E-state index contributed by atoms with van der Waals surface area (Å²) in [7, 11) is 5.23. The van der Waals surface area contributed by atoms with E-state index in [0.29, 0.717) is 37.4 Å². The molecule has 0 saturated heterocycles. The van der Waals surface area contributed by atoms with Gasteiger partial charge in [0.05, 0.1) is 24.3 Å². The number of ether oxygens (including phenoxy) is 2. The molecular weight excluding hydrogens is 427 g/mol. The Bertz CT molecular complexity index is 833. The predicted octanol–water partition coefficient (Wildman–Crippen LogP) is 5.54. The SMILES string of the molecule is [B]OCCCC(CCC#C)(CCCOC(=O)c1ccccc1)CCCOC(=O)c1ccccc1. The molecule has 0 saturated carbocycles. The van der Waals surface area contributed by atoms with Gasteiger partial charge in [0, 0.05) is 13.0 Å². The van der Waals surface area contributed by atoms with Gasteiger partial charge >= 0.3 is 11.9 Å². The van der Waals surface area contributed by atoms with E-state index >= 15 is 0 Å². The topological polar surface area (TPSA) is 61.8 Å². The highest BCUT2D eigenvalue weighted by Gasteiger charge is 2.28. The largest absolute Gasteiger partial charge is 0.462 e. The molecule has 0 aliphatic carbocycles. The van der Waals surface area contributed by atoms with Crippen LogP contribution < -0.4 is 0 Å². The summed E-state index contributed by atoms with van der Waals surface area (Å²) >= 11 is 0. The van der Waals surface area contributed by atoms with Crippen LogP contribution in [0.5, 0.6) is 0 Å². The van der Waals surface area contributed by atoms with Crippen molar-refractivity contribution in [3.63, 3.8) is 0 Å². The summed E-state index contributed by atoms with van der Waals surface area (Å²) < 4.78 is 15.7. The Kier molecular flexibility index (Phi) is 12.6. The summed E-state index contributed by atoms with van der Waals surface area (Å²) in [5.74, 6) is 2.11. The van der Waals surface area contributed by atoms with E-state index in [1.54, 1.807) is 24.3 Å². The van der Waals surface area contributed by atoms with E-state index in [1.807, 2.05) is 36.4 Å². The van der Waals surface area contributed by atoms with Crippen LogP contribution >= 0.6 is 0 Å².